The highest BCUT2D eigenvalue weighted by atomic mass is 16.1. The molecule has 0 aromatic carbocycles. The lowest BCUT2D eigenvalue weighted by Crippen LogP contribution is -1.75. The zero-order valence-corrected chi connectivity index (χ0v) is 8.75. The van der Waals surface area contributed by atoms with Crippen LogP contribution >= 0.6 is 0 Å². The Morgan fingerprint density at radius 3 is 2.69 bits per heavy atom. The highest BCUT2D eigenvalue weighted by molar-refractivity contribution is 5.52. The van der Waals surface area contributed by atoms with Gasteiger partial charge >= 0.3 is 0 Å². The van der Waals surface area contributed by atoms with Crippen molar-refractivity contribution in [1.82, 2.24) is 0 Å². The van der Waals surface area contributed by atoms with E-state index in [9.17, 15) is 4.79 Å². The third-order valence-electron chi connectivity index (χ3n) is 1.89. The number of hydrogen-bond donors (Lipinski definition) is 0. The number of aldehydes is 1. The summed E-state index contributed by atoms with van der Waals surface area (Å²) >= 11 is 0. The number of unbranched alkanes of at least 4 members (excludes halogenated alkanes) is 2. The van der Waals surface area contributed by atoms with Crippen molar-refractivity contribution in [3.05, 3.63) is 23.8 Å². The van der Waals surface area contributed by atoms with Gasteiger partial charge in [0.25, 0.3) is 0 Å². The smallest absolute Gasteiger partial charge is 0.123 e. The molecular formula is C12H20O. The molecule has 13 heavy (non-hydrogen) atoms. The normalized spacial score (nSPS) is 12.3. The molecule has 0 aliphatic heterocycles. The molecule has 0 spiro atoms. The Morgan fingerprint density at radius 2 is 2.08 bits per heavy atom. The Bertz CT molecular complexity index is 178. The fraction of sp³-hybridized carbons (Fsp3) is 0.583. The molecule has 0 bridgehead atoms. The van der Waals surface area contributed by atoms with Crippen LogP contribution < -0.4 is 0 Å². The minimum Gasteiger partial charge on any atom is -0.303 e. The maximum absolute atomic E-state index is 10.1. The number of carbonyl (C=O) groups is 1. The van der Waals surface area contributed by atoms with Crippen LogP contribution in [-0.2, 0) is 4.79 Å². The van der Waals surface area contributed by atoms with Crippen LogP contribution in [0, 0.1) is 0 Å². The van der Waals surface area contributed by atoms with Crippen molar-refractivity contribution in [3.8, 4) is 0 Å². The monoisotopic (exact) mass is 180 g/mol. The van der Waals surface area contributed by atoms with Crippen LogP contribution in [0.1, 0.15) is 46.0 Å². The lowest BCUT2D eigenvalue weighted by atomic mass is 10.1. The molecule has 1 nitrogen and oxygen atoms in total. The summed E-state index contributed by atoms with van der Waals surface area (Å²) in [6.07, 6.45) is 12.6. The van der Waals surface area contributed by atoms with E-state index >= 15 is 0 Å². The van der Waals surface area contributed by atoms with Gasteiger partial charge in [0.15, 0.2) is 0 Å². The zero-order chi connectivity index (χ0) is 9.94. The summed E-state index contributed by atoms with van der Waals surface area (Å²) in [4.78, 5) is 10.1. The van der Waals surface area contributed by atoms with Crippen molar-refractivity contribution in [3.63, 3.8) is 0 Å². The van der Waals surface area contributed by atoms with Gasteiger partial charge in [-0.05, 0) is 19.8 Å². The molecule has 0 unspecified atom stereocenters. The minimum atomic E-state index is 0.550. The summed E-state index contributed by atoms with van der Waals surface area (Å²) in [7, 11) is 0. The van der Waals surface area contributed by atoms with Gasteiger partial charge in [-0.2, -0.15) is 0 Å². The molecule has 0 radical (unpaired) electrons. The second-order valence-electron chi connectivity index (χ2n) is 3.27. The van der Waals surface area contributed by atoms with Gasteiger partial charge in [-0.3, -0.25) is 0 Å². The Morgan fingerprint density at radius 1 is 1.31 bits per heavy atom. The first-order valence-electron chi connectivity index (χ1n) is 5.05. The zero-order valence-electron chi connectivity index (χ0n) is 8.75. The van der Waals surface area contributed by atoms with E-state index in [4.69, 9.17) is 0 Å². The maximum Gasteiger partial charge on any atom is 0.123 e. The van der Waals surface area contributed by atoms with Crippen LogP contribution in [0.25, 0.3) is 0 Å². The molecular weight excluding hydrogens is 160 g/mol. The quantitative estimate of drug-likeness (QED) is 0.332. The first kappa shape index (κ1) is 12.2. The number of carbonyl (C=O) groups excluding carboxylic acids is 1. The van der Waals surface area contributed by atoms with Crippen molar-refractivity contribution in [1.29, 1.82) is 0 Å². The van der Waals surface area contributed by atoms with Crippen LogP contribution in [0.4, 0.5) is 0 Å². The molecule has 0 aliphatic carbocycles. The van der Waals surface area contributed by atoms with Crippen LogP contribution in [0.5, 0.6) is 0 Å². The Kier molecular flexibility index (Phi) is 8.64. The van der Waals surface area contributed by atoms with Crippen LogP contribution in [0.3, 0.4) is 0 Å². The first-order valence-corrected chi connectivity index (χ1v) is 5.05. The van der Waals surface area contributed by atoms with E-state index in [1.54, 1.807) is 0 Å². The molecule has 0 aromatic rings. The Balaban J connectivity index is 3.50. The van der Waals surface area contributed by atoms with Crippen LogP contribution in [0.15, 0.2) is 23.8 Å². The SMILES string of the molecule is CCCC/C=C/C/C(C)=C/CC=O. The van der Waals surface area contributed by atoms with Crippen LogP contribution in [0.2, 0.25) is 0 Å². The van der Waals surface area contributed by atoms with Crippen molar-refractivity contribution < 1.29 is 4.79 Å². The lowest BCUT2D eigenvalue weighted by Gasteiger charge is -1.93. The highest BCUT2D eigenvalue weighted by Crippen LogP contribution is 2.03. The molecule has 0 saturated carbocycles. The van der Waals surface area contributed by atoms with Gasteiger partial charge in [0, 0.05) is 6.42 Å². The van der Waals surface area contributed by atoms with Crippen molar-refractivity contribution >= 4 is 6.29 Å². The largest absolute Gasteiger partial charge is 0.303 e. The summed E-state index contributed by atoms with van der Waals surface area (Å²) in [6, 6.07) is 0. The third-order valence-corrected chi connectivity index (χ3v) is 1.89. The Labute approximate surface area is 81.5 Å². The third kappa shape index (κ3) is 9.06. The maximum atomic E-state index is 10.1. The number of rotatable bonds is 7. The second-order valence-corrected chi connectivity index (χ2v) is 3.27. The molecule has 1 heteroatoms. The molecule has 0 heterocycles. The molecule has 0 saturated heterocycles. The van der Waals surface area contributed by atoms with Gasteiger partial charge in [0.05, 0.1) is 0 Å². The molecule has 0 aliphatic rings. The van der Waals surface area contributed by atoms with Gasteiger partial charge in [0.2, 0.25) is 0 Å². The van der Waals surface area contributed by atoms with Gasteiger partial charge in [-0.25, -0.2) is 0 Å². The molecule has 0 aromatic heterocycles. The highest BCUT2D eigenvalue weighted by Gasteiger charge is 1.84. The molecule has 0 amide bonds. The average Bonchev–Trinajstić information content (AvgIpc) is 2.14. The number of hydrogen-bond acceptors (Lipinski definition) is 1. The van der Waals surface area contributed by atoms with Crippen molar-refractivity contribution in [2.24, 2.45) is 0 Å². The summed E-state index contributed by atoms with van der Waals surface area (Å²) < 4.78 is 0. The molecule has 74 valence electrons. The van der Waals surface area contributed by atoms with E-state index in [0.29, 0.717) is 6.42 Å². The standard InChI is InChI=1S/C12H20O/c1-3-4-5-6-7-9-12(2)10-8-11-13/h6-7,10-11H,3-5,8-9H2,1-2H3/b7-6+,12-10+. The topological polar surface area (TPSA) is 17.1 Å². The summed E-state index contributed by atoms with van der Waals surface area (Å²) in [5.74, 6) is 0. The summed E-state index contributed by atoms with van der Waals surface area (Å²) in [6.45, 7) is 4.26. The van der Waals surface area contributed by atoms with E-state index in [2.05, 4.69) is 26.0 Å². The second kappa shape index (κ2) is 9.24. The van der Waals surface area contributed by atoms with E-state index in [1.807, 2.05) is 6.08 Å². The lowest BCUT2D eigenvalue weighted by molar-refractivity contribution is -0.107. The predicted molar refractivity (Wildman–Crippen MR) is 57.7 cm³/mol. The van der Waals surface area contributed by atoms with E-state index in [1.165, 1.54) is 24.8 Å². The predicted octanol–water partition coefficient (Wildman–Crippen LogP) is 3.66. The van der Waals surface area contributed by atoms with E-state index < -0.39 is 0 Å². The van der Waals surface area contributed by atoms with Crippen molar-refractivity contribution in [2.75, 3.05) is 0 Å². The summed E-state index contributed by atoms with van der Waals surface area (Å²) in [5, 5.41) is 0. The Hall–Kier alpha value is -0.850. The fourth-order valence-electron chi connectivity index (χ4n) is 1.04. The first-order chi connectivity index (χ1) is 6.31. The number of allylic oxidation sites excluding steroid dienone is 4. The molecule has 0 fully saturated rings. The van der Waals surface area contributed by atoms with Gasteiger partial charge in [-0.15, -0.1) is 0 Å². The van der Waals surface area contributed by atoms with E-state index in [0.717, 1.165) is 12.7 Å². The fourth-order valence-corrected chi connectivity index (χ4v) is 1.04. The molecule has 0 N–H and O–H groups in total. The van der Waals surface area contributed by atoms with Crippen molar-refractivity contribution in [2.45, 2.75) is 46.0 Å². The average molecular weight is 180 g/mol. The van der Waals surface area contributed by atoms with Gasteiger partial charge in [-0.1, -0.05) is 43.6 Å². The minimum absolute atomic E-state index is 0.550. The van der Waals surface area contributed by atoms with Crippen LogP contribution in [-0.4, -0.2) is 6.29 Å². The molecule has 0 atom stereocenters. The summed E-state index contributed by atoms with van der Waals surface area (Å²) in [5.41, 5.74) is 1.28. The van der Waals surface area contributed by atoms with E-state index in [-0.39, 0.29) is 0 Å². The van der Waals surface area contributed by atoms with Gasteiger partial charge < -0.3 is 4.79 Å². The molecule has 0 rings (SSSR count). The van der Waals surface area contributed by atoms with Gasteiger partial charge in [0.1, 0.15) is 6.29 Å².